The van der Waals surface area contributed by atoms with Crippen molar-refractivity contribution < 1.29 is 50.0 Å². The normalized spacial score (nSPS) is 29.7. The fraction of sp³-hybridized carbons (Fsp3) is 0.933. The van der Waals surface area contributed by atoms with Crippen LogP contribution < -0.4 is 16.4 Å². The van der Waals surface area contributed by atoms with Gasteiger partial charge in [0, 0.05) is 26.2 Å². The van der Waals surface area contributed by atoms with E-state index in [0.29, 0.717) is 19.6 Å². The first-order chi connectivity index (χ1) is 13.2. The molecule has 0 bridgehead atoms. The number of aliphatic hydroxyl groups excluding tert-OH is 7. The molecule has 28 heavy (non-hydrogen) atoms. The van der Waals surface area contributed by atoms with Gasteiger partial charge < -0.3 is 61.6 Å². The summed E-state index contributed by atoms with van der Waals surface area (Å²) in [6.07, 6.45) is -13.8. The zero-order valence-electron chi connectivity index (χ0n) is 15.3. The molecule has 1 saturated heterocycles. The van der Waals surface area contributed by atoms with Crippen LogP contribution in [0.5, 0.6) is 0 Å². The Morgan fingerprint density at radius 2 is 1.82 bits per heavy atom. The topological polar surface area (TPSA) is 227 Å². The Bertz CT molecular complexity index is 460. The molecule has 1 aliphatic rings. The molecule has 0 aromatic carbocycles. The van der Waals surface area contributed by atoms with Crippen LogP contribution in [0, 0.1) is 0 Å². The van der Waals surface area contributed by atoms with E-state index in [1.54, 1.807) is 0 Å². The van der Waals surface area contributed by atoms with Gasteiger partial charge in [0.15, 0.2) is 12.4 Å². The molecule has 1 rings (SSSR count). The predicted molar refractivity (Wildman–Crippen MR) is 92.7 cm³/mol. The van der Waals surface area contributed by atoms with Crippen LogP contribution in [0.15, 0.2) is 0 Å². The molecule has 1 amide bonds. The Kier molecular flexibility index (Phi) is 11.2. The van der Waals surface area contributed by atoms with Gasteiger partial charge in [0.05, 0.1) is 13.2 Å². The lowest BCUT2D eigenvalue weighted by molar-refractivity contribution is -0.302. The average molecular weight is 413 g/mol. The van der Waals surface area contributed by atoms with Crippen LogP contribution in [0.3, 0.4) is 0 Å². The highest BCUT2D eigenvalue weighted by atomic mass is 16.7. The van der Waals surface area contributed by atoms with E-state index in [9.17, 15) is 35.4 Å². The van der Waals surface area contributed by atoms with Gasteiger partial charge >= 0.3 is 0 Å². The van der Waals surface area contributed by atoms with Crippen molar-refractivity contribution in [2.24, 2.45) is 5.73 Å². The molecule has 0 aliphatic carbocycles. The van der Waals surface area contributed by atoms with Gasteiger partial charge in [0.1, 0.15) is 36.6 Å². The third kappa shape index (κ3) is 7.13. The quantitative estimate of drug-likeness (QED) is 0.135. The minimum absolute atomic E-state index is 0.130. The number of carbonyl (C=O) groups is 1. The smallest absolute Gasteiger partial charge is 0.251 e. The van der Waals surface area contributed by atoms with Gasteiger partial charge in [-0.15, -0.1) is 0 Å². The number of hydrogen-bond donors (Lipinski definition) is 10. The zero-order chi connectivity index (χ0) is 21.3. The first-order valence-electron chi connectivity index (χ1n) is 8.89. The summed E-state index contributed by atoms with van der Waals surface area (Å²) < 4.78 is 10.2. The summed E-state index contributed by atoms with van der Waals surface area (Å²) in [6.45, 7) is 0.142. The molecule has 11 N–H and O–H groups in total. The van der Waals surface area contributed by atoms with Crippen LogP contribution in [-0.4, -0.2) is 130 Å². The molecule has 8 atom stereocenters. The lowest BCUT2D eigenvalue weighted by atomic mass is 10.0. The van der Waals surface area contributed by atoms with E-state index in [4.69, 9.17) is 20.3 Å². The Labute approximate surface area is 161 Å². The van der Waals surface area contributed by atoms with E-state index in [1.165, 1.54) is 0 Å². The van der Waals surface area contributed by atoms with E-state index < -0.39 is 68.1 Å². The van der Waals surface area contributed by atoms with Crippen LogP contribution in [0.4, 0.5) is 0 Å². The molecule has 0 aromatic rings. The SMILES string of the molecule is NCCNCCNC(=O)C(O)C(O)C(O[C@@H]1OC[C@H](O)[C@H](O)C1O)C(O)CO. The summed E-state index contributed by atoms with van der Waals surface area (Å²) in [5.41, 5.74) is 5.30. The highest BCUT2D eigenvalue weighted by Gasteiger charge is 2.43. The Hall–Kier alpha value is -0.970. The average Bonchev–Trinajstić information content (AvgIpc) is 2.69. The van der Waals surface area contributed by atoms with Crippen LogP contribution >= 0.6 is 0 Å². The molecule has 1 fully saturated rings. The predicted octanol–water partition coefficient (Wildman–Crippen LogP) is -6.45. The summed E-state index contributed by atoms with van der Waals surface area (Å²) >= 11 is 0. The van der Waals surface area contributed by atoms with Gasteiger partial charge in [-0.3, -0.25) is 4.79 Å². The van der Waals surface area contributed by atoms with Crippen molar-refractivity contribution in [3.05, 3.63) is 0 Å². The Morgan fingerprint density at radius 1 is 1.14 bits per heavy atom. The summed E-state index contributed by atoms with van der Waals surface area (Å²) in [5, 5.41) is 73.5. The van der Waals surface area contributed by atoms with Crippen molar-refractivity contribution in [1.82, 2.24) is 10.6 Å². The molecule has 0 radical (unpaired) electrons. The highest BCUT2D eigenvalue weighted by molar-refractivity contribution is 5.81. The second-order valence-electron chi connectivity index (χ2n) is 6.37. The molecule has 0 saturated carbocycles. The minimum Gasteiger partial charge on any atom is -0.394 e. The van der Waals surface area contributed by atoms with Crippen LogP contribution in [-0.2, 0) is 14.3 Å². The number of aliphatic hydroxyl groups is 7. The summed E-state index contributed by atoms with van der Waals surface area (Å²) in [6, 6.07) is 0. The van der Waals surface area contributed by atoms with Crippen molar-refractivity contribution >= 4 is 5.91 Å². The van der Waals surface area contributed by atoms with Crippen molar-refractivity contribution in [3.8, 4) is 0 Å². The summed E-state index contributed by atoms with van der Waals surface area (Å²) in [4.78, 5) is 12.0. The monoisotopic (exact) mass is 413 g/mol. The Balaban J connectivity index is 2.68. The largest absolute Gasteiger partial charge is 0.394 e. The van der Waals surface area contributed by atoms with Crippen LogP contribution in [0.1, 0.15) is 0 Å². The number of rotatable bonds is 12. The minimum atomic E-state index is -2.03. The number of carbonyl (C=O) groups excluding carboxylic acids is 1. The van der Waals surface area contributed by atoms with E-state index in [-0.39, 0.29) is 6.54 Å². The maximum atomic E-state index is 12.0. The lowest BCUT2D eigenvalue weighted by Gasteiger charge is -2.39. The number of nitrogens with two attached hydrogens (primary N) is 1. The molecular formula is C15H31N3O10. The maximum Gasteiger partial charge on any atom is 0.251 e. The van der Waals surface area contributed by atoms with E-state index >= 15 is 0 Å². The third-order valence-corrected chi connectivity index (χ3v) is 4.16. The van der Waals surface area contributed by atoms with Gasteiger partial charge in [-0.05, 0) is 0 Å². The molecule has 1 heterocycles. The third-order valence-electron chi connectivity index (χ3n) is 4.16. The fourth-order valence-corrected chi connectivity index (χ4v) is 2.50. The Morgan fingerprint density at radius 3 is 2.43 bits per heavy atom. The molecule has 166 valence electrons. The summed E-state index contributed by atoms with van der Waals surface area (Å²) in [7, 11) is 0. The molecule has 1 aliphatic heterocycles. The van der Waals surface area contributed by atoms with Crippen molar-refractivity contribution in [2.45, 2.75) is 49.0 Å². The molecule has 0 aromatic heterocycles. The fourth-order valence-electron chi connectivity index (χ4n) is 2.50. The van der Waals surface area contributed by atoms with Crippen molar-refractivity contribution in [1.29, 1.82) is 0 Å². The standard InChI is InChI=1S/C15H31N3O10/c16-1-2-17-3-4-18-14(26)11(24)10(23)13(7(20)5-19)28-15-12(25)9(22)8(21)6-27-15/h7-13,15,17,19-25H,1-6,16H2,(H,18,26)/t7?,8-,9-,10?,11?,12?,13?,15-/m0/s1. The molecule has 5 unspecified atom stereocenters. The molecule has 13 heteroatoms. The highest BCUT2D eigenvalue weighted by Crippen LogP contribution is 2.21. The van der Waals surface area contributed by atoms with Crippen molar-refractivity contribution in [3.63, 3.8) is 0 Å². The second kappa shape index (κ2) is 12.6. The van der Waals surface area contributed by atoms with Gasteiger partial charge in [-0.25, -0.2) is 0 Å². The second-order valence-corrected chi connectivity index (χ2v) is 6.37. The maximum absolute atomic E-state index is 12.0. The zero-order valence-corrected chi connectivity index (χ0v) is 15.3. The lowest BCUT2D eigenvalue weighted by Crippen LogP contribution is -2.59. The van der Waals surface area contributed by atoms with Gasteiger partial charge in [-0.1, -0.05) is 0 Å². The number of hydrogen-bond acceptors (Lipinski definition) is 12. The van der Waals surface area contributed by atoms with Gasteiger partial charge in [0.2, 0.25) is 0 Å². The van der Waals surface area contributed by atoms with Gasteiger partial charge in [0.25, 0.3) is 5.91 Å². The summed E-state index contributed by atoms with van der Waals surface area (Å²) in [5.74, 6) is -0.957. The molecular weight excluding hydrogens is 382 g/mol. The van der Waals surface area contributed by atoms with Gasteiger partial charge in [-0.2, -0.15) is 0 Å². The number of ether oxygens (including phenoxy) is 2. The van der Waals surface area contributed by atoms with Crippen molar-refractivity contribution in [2.75, 3.05) is 39.4 Å². The number of amides is 1. The first-order valence-corrected chi connectivity index (χ1v) is 8.89. The molecule has 13 nitrogen and oxygen atoms in total. The van der Waals surface area contributed by atoms with Crippen LogP contribution in [0.2, 0.25) is 0 Å². The molecule has 0 spiro atoms. The van der Waals surface area contributed by atoms with Crippen LogP contribution in [0.25, 0.3) is 0 Å². The number of nitrogens with one attached hydrogen (secondary N) is 2. The first kappa shape index (κ1) is 25.1. The van der Waals surface area contributed by atoms with E-state index in [2.05, 4.69) is 10.6 Å². The van der Waals surface area contributed by atoms with E-state index in [0.717, 1.165) is 0 Å². The van der Waals surface area contributed by atoms with E-state index in [1.807, 2.05) is 0 Å².